The molecule has 0 aliphatic heterocycles. The number of nitrogens with one attached hydrogen (secondary N) is 2. The molecule has 76 heavy (non-hydrogen) atoms. The fourth-order valence-corrected chi connectivity index (χ4v) is 10.5. The summed E-state index contributed by atoms with van der Waals surface area (Å²) in [5.74, 6) is 1.49. The summed E-state index contributed by atoms with van der Waals surface area (Å²) in [6.07, 6.45) is 0. The molecular formula is C71H50N4O. The lowest BCUT2D eigenvalue weighted by molar-refractivity contribution is 0.420. The minimum Gasteiger partial charge on any atom is -0.496 e. The fourth-order valence-electron chi connectivity index (χ4n) is 10.5. The van der Waals surface area contributed by atoms with E-state index < -0.39 is 0 Å². The highest BCUT2D eigenvalue weighted by Gasteiger charge is 2.19. The first-order valence-corrected chi connectivity index (χ1v) is 25.7. The van der Waals surface area contributed by atoms with Crippen molar-refractivity contribution in [2.75, 3.05) is 17.7 Å². The number of para-hydroxylation sites is 1. The fraction of sp³-hybridized carbons (Fsp3) is 0.0141. The largest absolute Gasteiger partial charge is 0.496 e. The van der Waals surface area contributed by atoms with E-state index in [1.54, 1.807) is 7.11 Å². The summed E-state index contributed by atoms with van der Waals surface area (Å²) in [6, 6.07) is 96.5. The van der Waals surface area contributed by atoms with Gasteiger partial charge in [-0.3, -0.25) is 0 Å². The second-order valence-electron chi connectivity index (χ2n) is 19.0. The molecule has 0 fully saturated rings. The van der Waals surface area contributed by atoms with Gasteiger partial charge in [0.15, 0.2) is 5.82 Å². The lowest BCUT2D eigenvalue weighted by atomic mass is 9.92. The average Bonchev–Trinajstić information content (AvgIpc) is 3.50. The van der Waals surface area contributed by atoms with E-state index in [0.717, 1.165) is 122 Å². The third kappa shape index (κ3) is 8.97. The molecule has 5 heteroatoms. The van der Waals surface area contributed by atoms with Crippen LogP contribution in [0.15, 0.2) is 273 Å². The first-order chi connectivity index (χ1) is 37.6. The SMILES string of the molecule is COc1ccc(-c2nc(-c3ccc(Nc4ccc(-c5cccc(-c6cc(-c7ccccc7)ccc6Nc6ccccc6)c5)cc4-c4cccc(-c5ccccc5)c4)cc3)nc3c2ccc2ccccc23)c2ccccc12. The normalized spacial score (nSPS) is 11.2. The van der Waals surface area contributed by atoms with Crippen LogP contribution in [0.25, 0.3) is 111 Å². The molecule has 12 aromatic carbocycles. The Morgan fingerprint density at radius 3 is 1.42 bits per heavy atom. The maximum atomic E-state index is 5.81. The Kier molecular flexibility index (Phi) is 12.1. The van der Waals surface area contributed by atoms with Gasteiger partial charge in [-0.15, -0.1) is 0 Å². The minimum atomic E-state index is 0.657. The molecule has 0 atom stereocenters. The number of ether oxygens (including phenoxy) is 1. The van der Waals surface area contributed by atoms with E-state index in [2.05, 4.69) is 265 Å². The van der Waals surface area contributed by atoms with Gasteiger partial charge >= 0.3 is 0 Å². The van der Waals surface area contributed by atoms with E-state index in [4.69, 9.17) is 14.7 Å². The summed E-state index contributed by atoms with van der Waals surface area (Å²) in [5.41, 5.74) is 19.1. The molecule has 360 valence electrons. The summed E-state index contributed by atoms with van der Waals surface area (Å²) in [4.78, 5) is 10.7. The molecule has 0 spiro atoms. The molecule has 5 nitrogen and oxygen atoms in total. The molecule has 0 amide bonds. The van der Waals surface area contributed by atoms with Crippen LogP contribution in [0.5, 0.6) is 5.75 Å². The molecular weight excluding hydrogens is 925 g/mol. The number of methoxy groups -OCH3 is 1. The maximum absolute atomic E-state index is 5.81. The van der Waals surface area contributed by atoms with Gasteiger partial charge in [-0.05, 0) is 146 Å². The monoisotopic (exact) mass is 974 g/mol. The second kappa shape index (κ2) is 20.1. The van der Waals surface area contributed by atoms with Crippen LogP contribution in [0.1, 0.15) is 0 Å². The average molecular weight is 975 g/mol. The topological polar surface area (TPSA) is 59.1 Å². The Hall–Kier alpha value is -10.1. The molecule has 0 aliphatic rings. The van der Waals surface area contributed by atoms with Gasteiger partial charge in [-0.2, -0.15) is 0 Å². The van der Waals surface area contributed by atoms with E-state index in [9.17, 15) is 0 Å². The van der Waals surface area contributed by atoms with Gasteiger partial charge in [0.25, 0.3) is 0 Å². The quantitative estimate of drug-likeness (QED) is 0.119. The molecule has 0 saturated heterocycles. The maximum Gasteiger partial charge on any atom is 0.160 e. The van der Waals surface area contributed by atoms with Crippen molar-refractivity contribution in [1.29, 1.82) is 0 Å². The Morgan fingerprint density at radius 1 is 0.303 bits per heavy atom. The molecule has 0 unspecified atom stereocenters. The number of fused-ring (bicyclic) bond motifs is 4. The van der Waals surface area contributed by atoms with E-state index in [1.165, 1.54) is 11.1 Å². The predicted molar refractivity (Wildman–Crippen MR) is 319 cm³/mol. The molecule has 0 bridgehead atoms. The van der Waals surface area contributed by atoms with Crippen LogP contribution in [-0.4, -0.2) is 17.1 Å². The smallest absolute Gasteiger partial charge is 0.160 e. The number of benzene rings is 12. The Bertz CT molecular complexity index is 4250. The van der Waals surface area contributed by atoms with Gasteiger partial charge in [-0.1, -0.05) is 182 Å². The van der Waals surface area contributed by atoms with Crippen LogP contribution < -0.4 is 15.4 Å². The van der Waals surface area contributed by atoms with Crippen molar-refractivity contribution in [2.24, 2.45) is 0 Å². The molecule has 0 aliphatic carbocycles. The summed E-state index contributed by atoms with van der Waals surface area (Å²) < 4.78 is 5.81. The lowest BCUT2D eigenvalue weighted by Crippen LogP contribution is -1.98. The molecule has 0 saturated carbocycles. The van der Waals surface area contributed by atoms with Crippen molar-refractivity contribution in [3.05, 3.63) is 273 Å². The van der Waals surface area contributed by atoms with Crippen LogP contribution in [0.4, 0.5) is 22.7 Å². The summed E-state index contributed by atoms with van der Waals surface area (Å²) in [6.45, 7) is 0. The first-order valence-electron chi connectivity index (χ1n) is 25.7. The summed E-state index contributed by atoms with van der Waals surface area (Å²) in [5, 5.41) is 12.9. The third-order valence-corrected chi connectivity index (χ3v) is 14.4. The zero-order valence-electron chi connectivity index (χ0n) is 41.8. The molecule has 13 aromatic rings. The Labute approximate surface area is 442 Å². The van der Waals surface area contributed by atoms with Crippen molar-refractivity contribution in [3.8, 4) is 84.0 Å². The van der Waals surface area contributed by atoms with Gasteiger partial charge in [0.2, 0.25) is 0 Å². The van der Waals surface area contributed by atoms with Crippen molar-refractivity contribution >= 4 is 55.2 Å². The second-order valence-corrected chi connectivity index (χ2v) is 19.0. The van der Waals surface area contributed by atoms with Crippen LogP contribution in [-0.2, 0) is 0 Å². The van der Waals surface area contributed by atoms with Crippen LogP contribution in [0.3, 0.4) is 0 Å². The number of nitrogens with zero attached hydrogens (tertiary/aromatic N) is 2. The number of hydrogen-bond donors (Lipinski definition) is 2. The highest BCUT2D eigenvalue weighted by molar-refractivity contribution is 6.12. The van der Waals surface area contributed by atoms with E-state index in [1.807, 2.05) is 18.2 Å². The summed E-state index contributed by atoms with van der Waals surface area (Å²) in [7, 11) is 1.72. The van der Waals surface area contributed by atoms with E-state index in [-0.39, 0.29) is 0 Å². The Balaban J connectivity index is 0.890. The zero-order chi connectivity index (χ0) is 50.8. The van der Waals surface area contributed by atoms with Gasteiger partial charge in [-0.25, -0.2) is 9.97 Å². The third-order valence-electron chi connectivity index (χ3n) is 14.4. The number of hydrogen-bond acceptors (Lipinski definition) is 5. The van der Waals surface area contributed by atoms with Crippen molar-refractivity contribution < 1.29 is 4.74 Å². The lowest BCUT2D eigenvalue weighted by Gasteiger charge is -2.17. The van der Waals surface area contributed by atoms with E-state index in [0.29, 0.717) is 5.82 Å². The first kappa shape index (κ1) is 45.7. The van der Waals surface area contributed by atoms with E-state index >= 15 is 0 Å². The predicted octanol–water partition coefficient (Wildman–Crippen LogP) is 19.1. The Morgan fingerprint density at radius 2 is 0.789 bits per heavy atom. The van der Waals surface area contributed by atoms with Crippen LogP contribution >= 0.6 is 0 Å². The zero-order valence-corrected chi connectivity index (χ0v) is 41.8. The highest BCUT2D eigenvalue weighted by Crippen LogP contribution is 2.42. The summed E-state index contributed by atoms with van der Waals surface area (Å²) >= 11 is 0. The number of aromatic nitrogens is 2. The number of rotatable bonds is 12. The molecule has 2 N–H and O–H groups in total. The van der Waals surface area contributed by atoms with Gasteiger partial charge in [0, 0.05) is 61.2 Å². The van der Waals surface area contributed by atoms with Crippen molar-refractivity contribution in [2.45, 2.75) is 0 Å². The van der Waals surface area contributed by atoms with Crippen LogP contribution in [0, 0.1) is 0 Å². The van der Waals surface area contributed by atoms with Crippen molar-refractivity contribution in [3.63, 3.8) is 0 Å². The van der Waals surface area contributed by atoms with Crippen molar-refractivity contribution in [1.82, 2.24) is 9.97 Å². The minimum absolute atomic E-state index is 0.657. The molecule has 0 radical (unpaired) electrons. The highest BCUT2D eigenvalue weighted by atomic mass is 16.5. The standard InChI is InChI=1S/C71H50N4O/c1-76-68-42-39-62(60-29-13-14-30-61(60)68)70-63-38-33-49-21-11-12-28-59(49)69(63)74-71(75-70)50-31-36-58(37-32-50)73-67-41-35-54(46-65(67)55-24-15-22-51(43-55)47-17-5-2-6-18-47)52-23-16-25-56(44-52)64-45-53(48-19-7-3-8-20-48)34-40-66(64)72-57-26-9-4-10-27-57/h2-46,72-73H,1H3. The van der Waals surface area contributed by atoms with Gasteiger partial charge in [0.05, 0.1) is 18.3 Å². The van der Waals surface area contributed by atoms with Gasteiger partial charge < -0.3 is 15.4 Å². The van der Waals surface area contributed by atoms with Crippen LogP contribution in [0.2, 0.25) is 0 Å². The molecule has 13 rings (SSSR count). The number of anilines is 4. The molecule has 1 heterocycles. The van der Waals surface area contributed by atoms with Gasteiger partial charge in [0.1, 0.15) is 5.75 Å². The molecule has 1 aromatic heterocycles.